The number of hydrogen-bond acceptors (Lipinski definition) is 3. The van der Waals surface area contributed by atoms with E-state index in [4.69, 9.17) is 15.5 Å². The standard InChI is InChI=1S/C37H35NOSi.C36H32ClNSi/c1-39-40(2,3)37-28-24-33(25-29-37)21-19-31-16-14-30(15-17-31)18-20-32-22-26-36(27-23-32)38(34-10-6-4-7-11-34)35-12-8-5-9-13-35;1-39(2,37)36-27-23-32(24-28-36)20-18-30-15-13-29(14-16-30)17-19-31-21-25-35(26-22-31)38(33-9-5-3-6-10-33)34-11-7-4-8-12-34/h4-29H,1-3H3;3-28H,1-2H3/b20-18+,21-19+;19-17+,20-18+. The Labute approximate surface area is 475 Å². The third kappa shape index (κ3) is 15.6. The Bertz CT molecular complexity index is 3500. The average molecular weight is 1080 g/mol. The molecule has 6 heteroatoms. The molecule has 79 heavy (non-hydrogen) atoms. The molecule has 0 atom stereocenters. The number of benzene rings is 10. The first-order valence-electron chi connectivity index (χ1n) is 26.9. The van der Waals surface area contributed by atoms with Gasteiger partial charge in [-0.25, -0.2) is 0 Å². The van der Waals surface area contributed by atoms with Crippen molar-refractivity contribution in [1.82, 2.24) is 0 Å². The Morgan fingerprint density at radius 3 is 0.671 bits per heavy atom. The Morgan fingerprint density at radius 1 is 0.266 bits per heavy atom. The topological polar surface area (TPSA) is 15.7 Å². The number of anilines is 6. The zero-order chi connectivity index (χ0) is 54.9. The summed E-state index contributed by atoms with van der Waals surface area (Å²) in [5.74, 6) is 0. The maximum Gasteiger partial charge on any atom is 0.217 e. The molecule has 0 radical (unpaired) electrons. The van der Waals surface area contributed by atoms with Crippen molar-refractivity contribution in [3.63, 3.8) is 0 Å². The van der Waals surface area contributed by atoms with Crippen LogP contribution in [-0.4, -0.2) is 22.8 Å². The quantitative estimate of drug-likeness (QED) is 0.0513. The lowest BCUT2D eigenvalue weighted by molar-refractivity contribution is 0.416. The molecule has 0 aromatic heterocycles. The summed E-state index contributed by atoms with van der Waals surface area (Å²) in [4.78, 5) is 4.55. The van der Waals surface area contributed by atoms with Gasteiger partial charge in [0.15, 0.2) is 7.38 Å². The van der Waals surface area contributed by atoms with Crippen LogP contribution in [0.4, 0.5) is 34.1 Å². The van der Waals surface area contributed by atoms with E-state index >= 15 is 0 Å². The number of para-hydroxylation sites is 4. The van der Waals surface area contributed by atoms with Gasteiger partial charge < -0.3 is 14.2 Å². The highest BCUT2D eigenvalue weighted by Gasteiger charge is 2.23. The van der Waals surface area contributed by atoms with Crippen molar-refractivity contribution in [1.29, 1.82) is 0 Å². The van der Waals surface area contributed by atoms with Crippen molar-refractivity contribution in [3.05, 3.63) is 311 Å². The monoisotopic (exact) mass is 1080 g/mol. The summed E-state index contributed by atoms with van der Waals surface area (Å²) in [5.41, 5.74) is 16.2. The zero-order valence-electron chi connectivity index (χ0n) is 45.7. The first-order valence-corrected chi connectivity index (χ1v) is 33.8. The predicted molar refractivity (Wildman–Crippen MR) is 351 cm³/mol. The minimum atomic E-state index is -1.78. The summed E-state index contributed by atoms with van der Waals surface area (Å²) in [5, 5.41) is 2.57. The average Bonchev–Trinajstić information content (AvgIpc) is 3.50. The number of nitrogens with zero attached hydrogens (tertiary/aromatic N) is 2. The lowest BCUT2D eigenvalue weighted by atomic mass is 10.1. The first kappa shape index (κ1) is 55.2. The molecule has 0 unspecified atom stereocenters. The van der Waals surface area contributed by atoms with Gasteiger partial charge >= 0.3 is 0 Å². The second-order valence-electron chi connectivity index (χ2n) is 20.3. The van der Waals surface area contributed by atoms with E-state index in [9.17, 15) is 0 Å². The number of hydrogen-bond donors (Lipinski definition) is 0. The smallest absolute Gasteiger partial charge is 0.217 e. The van der Waals surface area contributed by atoms with E-state index in [0.29, 0.717) is 0 Å². The molecule has 390 valence electrons. The third-order valence-electron chi connectivity index (χ3n) is 13.8. The van der Waals surface area contributed by atoms with Gasteiger partial charge in [-0.2, -0.15) is 11.1 Å². The van der Waals surface area contributed by atoms with Crippen molar-refractivity contribution >= 4 is 120 Å². The van der Waals surface area contributed by atoms with E-state index in [1.54, 1.807) is 7.11 Å². The molecule has 0 bridgehead atoms. The molecule has 0 aliphatic carbocycles. The van der Waals surface area contributed by atoms with Crippen LogP contribution >= 0.6 is 11.1 Å². The summed E-state index contributed by atoms with van der Waals surface area (Å²) in [6, 6.07) is 93.8. The van der Waals surface area contributed by atoms with E-state index in [-0.39, 0.29) is 0 Å². The second-order valence-corrected chi connectivity index (χ2v) is 30.7. The number of rotatable bonds is 17. The molecule has 10 aromatic rings. The van der Waals surface area contributed by atoms with Crippen LogP contribution in [0.3, 0.4) is 0 Å². The van der Waals surface area contributed by atoms with Crippen LogP contribution in [0.25, 0.3) is 48.6 Å². The van der Waals surface area contributed by atoms with Crippen LogP contribution in [0.5, 0.6) is 0 Å². The molecule has 0 N–H and O–H groups in total. The maximum absolute atomic E-state index is 6.54. The Hall–Kier alpha value is -8.56. The lowest BCUT2D eigenvalue weighted by Crippen LogP contribution is -2.43. The van der Waals surface area contributed by atoms with Crippen molar-refractivity contribution in [2.24, 2.45) is 0 Å². The molecule has 0 heterocycles. The molecule has 0 saturated heterocycles. The van der Waals surface area contributed by atoms with E-state index < -0.39 is 15.7 Å². The Morgan fingerprint density at radius 2 is 0.456 bits per heavy atom. The Balaban J connectivity index is 0.000000192. The van der Waals surface area contributed by atoms with Gasteiger partial charge in [-0.1, -0.05) is 256 Å². The lowest BCUT2D eigenvalue weighted by Gasteiger charge is -2.25. The summed E-state index contributed by atoms with van der Waals surface area (Å²) in [7, 11) is -1.74. The molecule has 0 aliphatic heterocycles. The molecule has 0 saturated carbocycles. The van der Waals surface area contributed by atoms with Crippen LogP contribution in [0.15, 0.2) is 267 Å². The fourth-order valence-corrected chi connectivity index (χ4v) is 11.5. The van der Waals surface area contributed by atoms with E-state index in [2.05, 4.69) is 327 Å². The van der Waals surface area contributed by atoms with Crippen LogP contribution in [0, 0.1) is 0 Å². The highest BCUT2D eigenvalue weighted by molar-refractivity contribution is 7.26. The molecule has 10 aromatic carbocycles. The van der Waals surface area contributed by atoms with Gasteiger partial charge in [0.05, 0.1) is 0 Å². The highest BCUT2D eigenvalue weighted by Crippen LogP contribution is 2.36. The maximum atomic E-state index is 6.54. The van der Waals surface area contributed by atoms with Gasteiger partial charge in [-0.05, 0) is 141 Å². The molecule has 10 rings (SSSR count). The first-order chi connectivity index (χ1) is 38.5. The van der Waals surface area contributed by atoms with E-state index in [0.717, 1.165) is 45.3 Å². The molecule has 0 aliphatic rings. The van der Waals surface area contributed by atoms with Gasteiger partial charge in [0.2, 0.25) is 8.32 Å². The largest absolute Gasteiger partial charge is 0.416 e. The summed E-state index contributed by atoms with van der Waals surface area (Å²) >= 11 is 6.54. The van der Waals surface area contributed by atoms with Crippen molar-refractivity contribution < 1.29 is 4.43 Å². The second kappa shape index (κ2) is 26.7. The molecular weight excluding hydrogens is 1010 g/mol. The fourth-order valence-electron chi connectivity index (χ4n) is 8.98. The van der Waals surface area contributed by atoms with Gasteiger partial charge in [0.1, 0.15) is 0 Å². The normalized spacial score (nSPS) is 11.8. The number of halogens is 1. The summed E-state index contributed by atoms with van der Waals surface area (Å²) in [6.07, 6.45) is 17.3. The van der Waals surface area contributed by atoms with Crippen molar-refractivity contribution in [3.8, 4) is 0 Å². The van der Waals surface area contributed by atoms with Gasteiger partial charge in [0.25, 0.3) is 0 Å². The minimum Gasteiger partial charge on any atom is -0.416 e. The highest BCUT2D eigenvalue weighted by atomic mass is 35.6. The predicted octanol–water partition coefficient (Wildman–Crippen LogP) is 19.7. The molecular formula is C73H67ClN2OSi2. The molecule has 0 fully saturated rings. The van der Waals surface area contributed by atoms with Crippen molar-refractivity contribution in [2.45, 2.75) is 26.2 Å². The van der Waals surface area contributed by atoms with Gasteiger partial charge in [-0.15, -0.1) is 0 Å². The molecule has 3 nitrogen and oxygen atoms in total. The summed E-state index contributed by atoms with van der Waals surface area (Å²) in [6.45, 7) is 8.73. The Kier molecular flexibility index (Phi) is 18.6. The SMILES string of the molecule is CO[Si](C)(C)c1ccc(/C=C/c2ccc(/C=C/c3ccc(N(c4ccccc4)c4ccccc4)cc3)cc2)cc1.C[Si](C)(Cl)c1ccc(/C=C/c2ccc(/C=C/c3ccc(N(c4ccccc4)c4ccccc4)cc3)cc2)cc1. The molecule has 0 spiro atoms. The molecule has 0 amide bonds. The van der Waals surface area contributed by atoms with E-state index in [1.165, 1.54) is 43.8 Å². The van der Waals surface area contributed by atoms with E-state index in [1.807, 2.05) is 24.3 Å². The zero-order valence-corrected chi connectivity index (χ0v) is 48.5. The van der Waals surface area contributed by atoms with Crippen LogP contribution in [-0.2, 0) is 4.43 Å². The van der Waals surface area contributed by atoms with Gasteiger partial charge in [0, 0.05) is 41.2 Å². The van der Waals surface area contributed by atoms with Crippen LogP contribution in [0.2, 0.25) is 26.2 Å². The van der Waals surface area contributed by atoms with Crippen LogP contribution in [0.1, 0.15) is 44.5 Å². The fraction of sp³-hybridized carbons (Fsp3) is 0.0685. The summed E-state index contributed by atoms with van der Waals surface area (Å²) < 4.78 is 5.71. The van der Waals surface area contributed by atoms with Crippen molar-refractivity contribution in [2.75, 3.05) is 16.9 Å². The minimum absolute atomic E-state index is 1.13. The third-order valence-corrected chi connectivity index (χ3v) is 18.9. The van der Waals surface area contributed by atoms with Gasteiger partial charge in [-0.3, -0.25) is 0 Å². The van der Waals surface area contributed by atoms with Crippen LogP contribution < -0.4 is 20.2 Å².